The molecule has 1 aliphatic heterocycles. The first-order valence-electron chi connectivity index (χ1n) is 5.79. The Bertz CT molecular complexity index is 371. The van der Waals surface area contributed by atoms with Gasteiger partial charge < -0.3 is 9.26 Å². The highest BCUT2D eigenvalue weighted by Gasteiger charge is 2.25. The van der Waals surface area contributed by atoms with Crippen LogP contribution in [0.2, 0.25) is 0 Å². The number of ether oxygens (including phenoxy) is 1. The van der Waals surface area contributed by atoms with E-state index < -0.39 is 7.23 Å². The molecule has 0 aliphatic carbocycles. The van der Waals surface area contributed by atoms with Crippen molar-refractivity contribution in [2.24, 2.45) is 0 Å². The molecule has 0 aromatic heterocycles. The first-order valence-corrected chi connectivity index (χ1v) is 8.39. The number of rotatable bonds is 5. The van der Waals surface area contributed by atoms with Gasteiger partial charge in [0, 0.05) is 0 Å². The molecular weight excluding hydrogens is 255 g/mol. The van der Waals surface area contributed by atoms with Crippen LogP contribution in [0.4, 0.5) is 0 Å². The molecule has 3 nitrogen and oxygen atoms in total. The average molecular weight is 272 g/mol. The van der Waals surface area contributed by atoms with Gasteiger partial charge in [0.05, 0.1) is 18.8 Å². The van der Waals surface area contributed by atoms with Gasteiger partial charge in [0.15, 0.2) is 0 Å². The Labute approximate surface area is 108 Å². The van der Waals surface area contributed by atoms with Crippen LogP contribution < -0.4 is 0 Å². The van der Waals surface area contributed by atoms with Crippen LogP contribution in [0.3, 0.4) is 0 Å². The minimum atomic E-state index is -2.13. The molecule has 0 amide bonds. The van der Waals surface area contributed by atoms with Gasteiger partial charge in [-0.25, -0.2) is 0 Å². The van der Waals surface area contributed by atoms with E-state index in [-0.39, 0.29) is 12.2 Å². The molecule has 1 saturated heterocycles. The maximum Gasteiger partial charge on any atom is 0.243 e. The Morgan fingerprint density at radius 1 is 1.29 bits per heavy atom. The largest absolute Gasteiger partial charge is 0.372 e. The summed E-state index contributed by atoms with van der Waals surface area (Å²) in [5.41, 5.74) is 1.29. The van der Waals surface area contributed by atoms with Gasteiger partial charge in [-0.2, -0.15) is 0 Å². The van der Waals surface area contributed by atoms with Crippen molar-refractivity contribution in [3.8, 4) is 0 Å². The molecule has 17 heavy (non-hydrogen) atoms. The van der Waals surface area contributed by atoms with Crippen molar-refractivity contribution in [2.45, 2.75) is 31.5 Å². The molecule has 1 aromatic carbocycles. The molecule has 1 aromatic rings. The molecule has 0 spiro atoms. The molecular formula is C12H17O3PS. The van der Waals surface area contributed by atoms with Crippen molar-refractivity contribution in [3.05, 3.63) is 35.9 Å². The zero-order chi connectivity index (χ0) is 12.1. The summed E-state index contributed by atoms with van der Waals surface area (Å²) >= 11 is 3.74. The lowest BCUT2D eigenvalue weighted by Gasteiger charge is -2.13. The molecule has 1 aliphatic rings. The second-order valence-electron chi connectivity index (χ2n) is 4.22. The van der Waals surface area contributed by atoms with E-state index in [0.29, 0.717) is 6.61 Å². The summed E-state index contributed by atoms with van der Waals surface area (Å²) in [4.78, 5) is 0. The van der Waals surface area contributed by atoms with E-state index in [1.165, 1.54) is 5.56 Å². The summed E-state index contributed by atoms with van der Waals surface area (Å²) < 4.78 is 21.6. The topological polar surface area (TPSA) is 35.5 Å². The van der Waals surface area contributed by atoms with Crippen molar-refractivity contribution in [1.82, 2.24) is 0 Å². The molecule has 1 fully saturated rings. The van der Waals surface area contributed by atoms with Crippen LogP contribution in [0, 0.1) is 0 Å². The number of hydrogen-bond acceptors (Lipinski definition) is 3. The van der Waals surface area contributed by atoms with E-state index in [9.17, 15) is 4.57 Å². The molecule has 0 N–H and O–H groups in total. The maximum atomic E-state index is 10.7. The molecule has 0 bridgehead atoms. The fraction of sp³-hybridized carbons (Fsp3) is 0.500. The summed E-state index contributed by atoms with van der Waals surface area (Å²) in [6.07, 6.45) is 3.28. The SMILES string of the molecule is O=[PH](S)OC[C@@H]1CC[C@H](Cc2ccccc2)O1. The zero-order valence-corrected chi connectivity index (χ0v) is 11.4. The number of hydrogen-bond donors (Lipinski definition) is 1. The van der Waals surface area contributed by atoms with E-state index in [1.54, 1.807) is 0 Å². The maximum absolute atomic E-state index is 10.7. The fourth-order valence-corrected chi connectivity index (χ4v) is 2.65. The van der Waals surface area contributed by atoms with E-state index in [1.807, 2.05) is 18.2 Å². The van der Waals surface area contributed by atoms with E-state index >= 15 is 0 Å². The van der Waals surface area contributed by atoms with Gasteiger partial charge >= 0.3 is 0 Å². The Morgan fingerprint density at radius 3 is 2.71 bits per heavy atom. The predicted octanol–water partition coefficient (Wildman–Crippen LogP) is 3.11. The minimum absolute atomic E-state index is 0.0739. The number of benzene rings is 1. The lowest BCUT2D eigenvalue weighted by Crippen LogP contribution is -2.16. The zero-order valence-electron chi connectivity index (χ0n) is 9.54. The lowest BCUT2D eigenvalue weighted by molar-refractivity contribution is 0.0208. The average Bonchev–Trinajstić information content (AvgIpc) is 2.75. The van der Waals surface area contributed by atoms with Gasteiger partial charge in [0.1, 0.15) is 0 Å². The third-order valence-electron chi connectivity index (χ3n) is 2.89. The van der Waals surface area contributed by atoms with Crippen molar-refractivity contribution >= 4 is 19.5 Å². The van der Waals surface area contributed by atoms with Crippen LogP contribution in [-0.4, -0.2) is 18.8 Å². The molecule has 1 heterocycles. The van der Waals surface area contributed by atoms with Crippen LogP contribution in [-0.2, 0) is 20.2 Å². The highest BCUT2D eigenvalue weighted by Crippen LogP contribution is 2.30. The molecule has 94 valence electrons. The molecule has 2 rings (SSSR count). The first kappa shape index (κ1) is 13.2. The summed E-state index contributed by atoms with van der Waals surface area (Å²) in [5.74, 6) is 0. The Hall–Kier alpha value is -0.280. The van der Waals surface area contributed by atoms with Gasteiger partial charge in [-0.1, -0.05) is 42.6 Å². The third kappa shape index (κ3) is 4.47. The van der Waals surface area contributed by atoms with Gasteiger partial charge in [0.25, 0.3) is 0 Å². The van der Waals surface area contributed by atoms with Crippen LogP contribution in [0.1, 0.15) is 18.4 Å². The fourth-order valence-electron chi connectivity index (χ4n) is 2.09. The molecule has 1 unspecified atom stereocenters. The standard InChI is InChI=1S/C12H17O3PS/c13-16(17)14-9-12-7-6-11(15-12)8-10-4-2-1-3-5-10/h1-5,11-12,16H,6-9H2,(H,13,17)/t11-,12+/m1/s1. The summed E-state index contributed by atoms with van der Waals surface area (Å²) in [6.45, 7) is 0.395. The first-order chi connectivity index (χ1) is 8.24. The predicted molar refractivity (Wildman–Crippen MR) is 72.0 cm³/mol. The lowest BCUT2D eigenvalue weighted by atomic mass is 10.1. The number of thiol groups is 1. The highest BCUT2D eigenvalue weighted by molar-refractivity contribution is 8.39. The van der Waals surface area contributed by atoms with Gasteiger partial charge in [-0.15, -0.1) is 0 Å². The molecule has 3 atom stereocenters. The van der Waals surface area contributed by atoms with E-state index in [4.69, 9.17) is 9.26 Å². The Kier molecular flexibility index (Phi) is 5.11. The van der Waals surface area contributed by atoms with Crippen LogP contribution in [0.25, 0.3) is 0 Å². The molecule has 0 saturated carbocycles. The highest BCUT2D eigenvalue weighted by atomic mass is 32.7. The van der Waals surface area contributed by atoms with Gasteiger partial charge in [-0.05, 0) is 24.8 Å². The summed E-state index contributed by atoms with van der Waals surface area (Å²) in [5, 5.41) is 0. The van der Waals surface area contributed by atoms with Crippen molar-refractivity contribution in [1.29, 1.82) is 0 Å². The quantitative estimate of drug-likeness (QED) is 0.661. The Morgan fingerprint density at radius 2 is 2.00 bits per heavy atom. The van der Waals surface area contributed by atoms with Crippen LogP contribution in [0.5, 0.6) is 0 Å². The van der Waals surface area contributed by atoms with Crippen LogP contribution in [0.15, 0.2) is 30.3 Å². The van der Waals surface area contributed by atoms with Crippen molar-refractivity contribution in [3.63, 3.8) is 0 Å². The molecule has 5 heteroatoms. The smallest absolute Gasteiger partial charge is 0.243 e. The summed E-state index contributed by atoms with van der Waals surface area (Å²) in [6, 6.07) is 10.3. The van der Waals surface area contributed by atoms with Crippen molar-refractivity contribution < 1.29 is 13.8 Å². The van der Waals surface area contributed by atoms with E-state index in [0.717, 1.165) is 19.3 Å². The second-order valence-corrected chi connectivity index (χ2v) is 6.14. The van der Waals surface area contributed by atoms with Gasteiger partial charge in [0.2, 0.25) is 7.23 Å². The molecule has 0 radical (unpaired) electrons. The van der Waals surface area contributed by atoms with Crippen LogP contribution >= 0.6 is 19.5 Å². The monoisotopic (exact) mass is 272 g/mol. The minimum Gasteiger partial charge on any atom is -0.372 e. The normalized spacial score (nSPS) is 25.9. The van der Waals surface area contributed by atoms with Gasteiger partial charge in [-0.3, -0.25) is 4.57 Å². The summed E-state index contributed by atoms with van der Waals surface area (Å²) in [7, 11) is -2.13. The second kappa shape index (κ2) is 6.60. The van der Waals surface area contributed by atoms with Crippen molar-refractivity contribution in [2.75, 3.05) is 6.61 Å². The van der Waals surface area contributed by atoms with E-state index in [2.05, 4.69) is 24.4 Å². The third-order valence-corrected chi connectivity index (χ3v) is 3.70. The Balaban J connectivity index is 1.76.